The standard InChI is InChI=1S/C24H29N3O7/c1-26(2)13-6-7-14(34-5)16-11(13)8-10-9-12-18(27(3)4)20(29)17(23(25)32)22(31)24(12,33)21(30)15(10)19(16)28/h6-7,10,12,18,29-30,33H,8-9H2,1-5H3,(H2,25,32)/t10?,12-,18-,24-/m0/s1. The third-order valence-electron chi connectivity index (χ3n) is 7.27. The molecule has 10 nitrogen and oxygen atoms in total. The van der Waals surface area contributed by atoms with E-state index in [-0.39, 0.29) is 17.6 Å². The third kappa shape index (κ3) is 2.98. The summed E-state index contributed by atoms with van der Waals surface area (Å²) < 4.78 is 5.42. The molecule has 10 heteroatoms. The number of benzene rings is 1. The maximum Gasteiger partial charge on any atom is 0.255 e. The van der Waals surface area contributed by atoms with E-state index in [4.69, 9.17) is 10.5 Å². The van der Waals surface area contributed by atoms with E-state index >= 15 is 0 Å². The summed E-state index contributed by atoms with van der Waals surface area (Å²) >= 11 is 0. The van der Waals surface area contributed by atoms with Crippen molar-refractivity contribution in [2.75, 3.05) is 40.2 Å². The lowest BCUT2D eigenvalue weighted by Gasteiger charge is -2.50. The predicted octanol–water partition coefficient (Wildman–Crippen LogP) is 0.490. The van der Waals surface area contributed by atoms with Gasteiger partial charge in [-0.25, -0.2) is 0 Å². The minimum Gasteiger partial charge on any atom is -0.510 e. The van der Waals surface area contributed by atoms with E-state index in [0.717, 1.165) is 11.3 Å². The molecule has 3 aliphatic rings. The highest BCUT2D eigenvalue weighted by atomic mass is 16.5. The highest BCUT2D eigenvalue weighted by Crippen LogP contribution is 2.53. The van der Waals surface area contributed by atoms with Crippen molar-refractivity contribution in [2.45, 2.75) is 24.5 Å². The van der Waals surface area contributed by atoms with Crippen LogP contribution in [-0.4, -0.2) is 84.6 Å². The molecule has 0 aromatic heterocycles. The van der Waals surface area contributed by atoms with Gasteiger partial charge >= 0.3 is 0 Å². The lowest BCUT2D eigenvalue weighted by Crippen LogP contribution is -2.63. The van der Waals surface area contributed by atoms with Gasteiger partial charge in [0.15, 0.2) is 11.4 Å². The Bertz CT molecular complexity index is 1180. The van der Waals surface area contributed by atoms with Crippen LogP contribution in [0.15, 0.2) is 34.8 Å². The molecule has 0 radical (unpaired) electrons. The van der Waals surface area contributed by atoms with E-state index in [1.807, 2.05) is 25.1 Å². The largest absolute Gasteiger partial charge is 0.510 e. The molecule has 4 rings (SSSR count). The topological polar surface area (TPSA) is 154 Å². The van der Waals surface area contributed by atoms with Crippen molar-refractivity contribution in [1.29, 1.82) is 0 Å². The third-order valence-corrected chi connectivity index (χ3v) is 7.27. The monoisotopic (exact) mass is 471 g/mol. The molecule has 5 N–H and O–H groups in total. The minimum absolute atomic E-state index is 0.0866. The first kappa shape index (κ1) is 23.8. The smallest absolute Gasteiger partial charge is 0.255 e. The molecule has 0 fully saturated rings. The molecular weight excluding hydrogens is 442 g/mol. The molecule has 0 saturated heterocycles. The van der Waals surface area contributed by atoms with Gasteiger partial charge in [0.25, 0.3) is 5.91 Å². The number of likely N-dealkylation sites (N-methyl/N-ethyl adjacent to an activating group) is 1. The minimum atomic E-state index is -2.59. The number of aliphatic hydroxyl groups excluding tert-OH is 2. The van der Waals surface area contributed by atoms with Gasteiger partial charge in [0.05, 0.1) is 18.7 Å². The summed E-state index contributed by atoms with van der Waals surface area (Å²) in [7, 11) is 8.36. The number of hydrogen-bond donors (Lipinski definition) is 4. The fraction of sp³-hybridized carbons (Fsp3) is 0.458. The van der Waals surface area contributed by atoms with Crippen LogP contribution in [-0.2, 0) is 16.0 Å². The lowest BCUT2D eigenvalue weighted by atomic mass is 9.58. The molecule has 0 heterocycles. The summed E-state index contributed by atoms with van der Waals surface area (Å²) in [5, 5.41) is 33.7. The zero-order valence-electron chi connectivity index (χ0n) is 19.7. The number of amides is 1. The SMILES string of the molecule is COc1ccc(N(C)C)c2c1C(=O)C1=C(O)[C@]3(O)C(=O)C(C(N)=O)=C(O)[C@@H](N(C)C)[C@@H]3CC1C2. The van der Waals surface area contributed by atoms with Gasteiger partial charge in [0, 0.05) is 31.3 Å². The number of carbonyl (C=O) groups excluding carboxylic acids is 3. The van der Waals surface area contributed by atoms with E-state index in [9.17, 15) is 29.7 Å². The number of primary amides is 1. The van der Waals surface area contributed by atoms with E-state index < -0.39 is 58.0 Å². The fourth-order valence-corrected chi connectivity index (χ4v) is 5.81. The Morgan fingerprint density at radius 3 is 2.35 bits per heavy atom. The Kier molecular flexibility index (Phi) is 5.49. The Morgan fingerprint density at radius 2 is 1.82 bits per heavy atom. The van der Waals surface area contributed by atoms with Crippen molar-refractivity contribution >= 4 is 23.2 Å². The average molecular weight is 472 g/mol. The number of ketones is 2. The molecule has 0 aliphatic heterocycles. The van der Waals surface area contributed by atoms with Gasteiger partial charge in [-0.3, -0.25) is 19.3 Å². The Balaban J connectivity index is 1.98. The molecule has 0 saturated carbocycles. The zero-order valence-corrected chi connectivity index (χ0v) is 19.7. The molecule has 0 spiro atoms. The molecule has 34 heavy (non-hydrogen) atoms. The second kappa shape index (κ2) is 7.85. The molecule has 4 atom stereocenters. The number of rotatable bonds is 4. The van der Waals surface area contributed by atoms with Crippen LogP contribution in [0.2, 0.25) is 0 Å². The lowest BCUT2D eigenvalue weighted by molar-refractivity contribution is -0.148. The molecule has 3 aliphatic carbocycles. The van der Waals surface area contributed by atoms with Gasteiger partial charge in [-0.1, -0.05) is 0 Å². The Labute approximate surface area is 196 Å². The van der Waals surface area contributed by atoms with E-state index in [2.05, 4.69) is 0 Å². The Hall–Kier alpha value is -3.37. The van der Waals surface area contributed by atoms with Crippen LogP contribution in [0.5, 0.6) is 5.75 Å². The summed E-state index contributed by atoms with van der Waals surface area (Å²) in [5.41, 5.74) is 3.71. The highest BCUT2D eigenvalue weighted by molar-refractivity contribution is 6.24. The number of aliphatic hydroxyl groups is 3. The molecule has 182 valence electrons. The first-order valence-electron chi connectivity index (χ1n) is 10.9. The van der Waals surface area contributed by atoms with Crippen molar-refractivity contribution in [2.24, 2.45) is 17.6 Å². The van der Waals surface area contributed by atoms with Gasteiger partial charge in [-0.15, -0.1) is 0 Å². The number of fused-ring (bicyclic) bond motifs is 3. The molecular formula is C24H29N3O7. The van der Waals surface area contributed by atoms with Gasteiger partial charge in [-0.05, 0) is 50.6 Å². The summed E-state index contributed by atoms with van der Waals surface area (Å²) in [4.78, 5) is 42.5. The molecule has 1 aromatic rings. The number of carbonyl (C=O) groups is 3. The second-order valence-electron chi connectivity index (χ2n) is 9.50. The van der Waals surface area contributed by atoms with Crippen molar-refractivity contribution in [3.8, 4) is 5.75 Å². The normalized spacial score (nSPS) is 28.5. The van der Waals surface area contributed by atoms with Gasteiger partial charge in [0.1, 0.15) is 22.8 Å². The Morgan fingerprint density at radius 1 is 1.18 bits per heavy atom. The van der Waals surface area contributed by atoms with Crippen molar-refractivity contribution < 1.29 is 34.4 Å². The average Bonchev–Trinajstić information content (AvgIpc) is 2.74. The van der Waals surface area contributed by atoms with Gasteiger partial charge in [-0.2, -0.15) is 0 Å². The van der Waals surface area contributed by atoms with Gasteiger partial charge < -0.3 is 30.7 Å². The number of Topliss-reactive ketones (excluding diaryl/α,β-unsaturated/α-hetero) is 2. The van der Waals surface area contributed by atoms with E-state index in [1.165, 1.54) is 7.11 Å². The number of anilines is 1. The van der Waals surface area contributed by atoms with E-state index in [1.54, 1.807) is 25.1 Å². The van der Waals surface area contributed by atoms with Crippen LogP contribution in [0.1, 0.15) is 22.3 Å². The summed E-state index contributed by atoms with van der Waals surface area (Å²) in [6.45, 7) is 0. The van der Waals surface area contributed by atoms with Crippen LogP contribution in [0.25, 0.3) is 0 Å². The maximum absolute atomic E-state index is 13.7. The quantitative estimate of drug-likeness (QED) is 0.459. The number of nitrogens with zero attached hydrogens (tertiary/aromatic N) is 2. The second-order valence-corrected chi connectivity index (χ2v) is 9.50. The number of hydrogen-bond acceptors (Lipinski definition) is 9. The molecule has 1 aromatic carbocycles. The van der Waals surface area contributed by atoms with Crippen LogP contribution < -0.4 is 15.4 Å². The maximum atomic E-state index is 13.7. The number of nitrogens with two attached hydrogens (primary N) is 1. The number of allylic oxidation sites excluding steroid dienone is 1. The zero-order chi connectivity index (χ0) is 25.3. The molecule has 0 bridgehead atoms. The van der Waals surface area contributed by atoms with Crippen LogP contribution in [0.4, 0.5) is 5.69 Å². The summed E-state index contributed by atoms with van der Waals surface area (Å²) in [6.07, 6.45) is 0.453. The van der Waals surface area contributed by atoms with Crippen LogP contribution in [0.3, 0.4) is 0 Å². The highest BCUT2D eigenvalue weighted by Gasteiger charge is 2.63. The van der Waals surface area contributed by atoms with Crippen LogP contribution >= 0.6 is 0 Å². The van der Waals surface area contributed by atoms with Crippen molar-refractivity contribution in [3.05, 3.63) is 45.9 Å². The predicted molar refractivity (Wildman–Crippen MR) is 123 cm³/mol. The fourth-order valence-electron chi connectivity index (χ4n) is 5.81. The molecule has 1 unspecified atom stereocenters. The first-order chi connectivity index (χ1) is 15.9. The van der Waals surface area contributed by atoms with Crippen molar-refractivity contribution in [3.63, 3.8) is 0 Å². The number of methoxy groups -OCH3 is 1. The van der Waals surface area contributed by atoms with E-state index in [0.29, 0.717) is 12.2 Å². The number of ether oxygens (including phenoxy) is 1. The molecule has 1 amide bonds. The first-order valence-corrected chi connectivity index (χ1v) is 10.9. The summed E-state index contributed by atoms with van der Waals surface area (Å²) in [5.74, 6) is -5.57. The summed E-state index contributed by atoms with van der Waals surface area (Å²) in [6, 6.07) is 2.52. The van der Waals surface area contributed by atoms with Crippen molar-refractivity contribution in [1.82, 2.24) is 4.90 Å². The van der Waals surface area contributed by atoms with Crippen LogP contribution in [0, 0.1) is 11.8 Å². The van der Waals surface area contributed by atoms with Gasteiger partial charge in [0.2, 0.25) is 5.78 Å².